The van der Waals surface area contributed by atoms with Crippen molar-refractivity contribution in [3.8, 4) is 11.5 Å². The Morgan fingerprint density at radius 3 is 2.59 bits per heavy atom. The van der Waals surface area contributed by atoms with Crippen LogP contribution in [-0.4, -0.2) is 42.5 Å². The van der Waals surface area contributed by atoms with Crippen LogP contribution in [0.2, 0.25) is 0 Å². The summed E-state index contributed by atoms with van der Waals surface area (Å²) in [4.78, 5) is 39.7. The molecule has 2 aromatic carbocycles. The number of rotatable bonds is 5. The summed E-state index contributed by atoms with van der Waals surface area (Å²) in [6.07, 6.45) is 4.57. The average molecular weight is 464 g/mol. The summed E-state index contributed by atoms with van der Waals surface area (Å²) in [5.74, 6) is 0.260. The zero-order chi connectivity index (χ0) is 23.9. The summed E-state index contributed by atoms with van der Waals surface area (Å²) in [6.45, 7) is 4.08. The molecule has 0 bridgehead atoms. The Hall–Kier alpha value is -3.55. The first-order chi connectivity index (χ1) is 16.3. The van der Waals surface area contributed by atoms with Crippen molar-refractivity contribution in [2.45, 2.75) is 51.1 Å². The molecular weight excluding hydrogens is 434 g/mol. The zero-order valence-corrected chi connectivity index (χ0v) is 19.5. The molecule has 1 saturated heterocycles. The molecule has 8 nitrogen and oxygen atoms in total. The van der Waals surface area contributed by atoms with E-state index in [1.165, 1.54) is 24.0 Å². The van der Waals surface area contributed by atoms with Crippen LogP contribution in [0.5, 0.6) is 11.5 Å². The summed E-state index contributed by atoms with van der Waals surface area (Å²) in [5.41, 5.74) is 3.02. The predicted molar refractivity (Wildman–Crippen MR) is 125 cm³/mol. The number of carbonyl (C=O) groups is 3. The first-order valence-electron chi connectivity index (χ1n) is 11.8. The molecule has 0 saturated carbocycles. The van der Waals surface area contributed by atoms with Gasteiger partial charge >= 0.3 is 6.03 Å². The Balaban J connectivity index is 1.27. The van der Waals surface area contributed by atoms with Crippen LogP contribution in [0.25, 0.3) is 0 Å². The fourth-order valence-corrected chi connectivity index (χ4v) is 4.93. The molecule has 2 aromatic rings. The lowest BCUT2D eigenvalue weighted by atomic mass is 9.89. The number of urea groups is 1. The van der Waals surface area contributed by atoms with Gasteiger partial charge in [0.25, 0.3) is 5.91 Å². The van der Waals surface area contributed by atoms with Crippen molar-refractivity contribution in [2.24, 2.45) is 0 Å². The van der Waals surface area contributed by atoms with Gasteiger partial charge in [-0.25, -0.2) is 4.79 Å². The minimum Gasteiger partial charge on any atom is -0.486 e. The van der Waals surface area contributed by atoms with Crippen LogP contribution in [0.3, 0.4) is 0 Å². The Morgan fingerprint density at radius 2 is 1.79 bits per heavy atom. The van der Waals surface area contributed by atoms with Crippen LogP contribution in [0, 0.1) is 0 Å². The average Bonchev–Trinajstić information content (AvgIpc) is 3.07. The maximum atomic E-state index is 13.2. The van der Waals surface area contributed by atoms with Gasteiger partial charge in [-0.1, -0.05) is 24.3 Å². The molecule has 3 aliphatic rings. The first kappa shape index (κ1) is 22.3. The molecule has 34 heavy (non-hydrogen) atoms. The number of fused-ring (bicyclic) bond motifs is 2. The van der Waals surface area contributed by atoms with Crippen LogP contribution in [0.1, 0.15) is 55.0 Å². The van der Waals surface area contributed by atoms with E-state index in [9.17, 15) is 14.4 Å². The van der Waals surface area contributed by atoms with E-state index in [0.29, 0.717) is 30.3 Å². The van der Waals surface area contributed by atoms with Gasteiger partial charge in [0, 0.05) is 0 Å². The second kappa shape index (κ2) is 8.66. The minimum atomic E-state index is -1.29. The van der Waals surface area contributed by atoms with E-state index in [4.69, 9.17) is 9.47 Å². The molecule has 0 radical (unpaired) electrons. The summed E-state index contributed by atoms with van der Waals surface area (Å²) in [5, 5.41) is 5.67. The lowest BCUT2D eigenvalue weighted by Gasteiger charge is -2.25. The largest absolute Gasteiger partial charge is 0.486 e. The fraction of sp³-hybridized carbons (Fsp3) is 0.423. The molecule has 1 fully saturated rings. The highest BCUT2D eigenvalue weighted by atomic mass is 16.6. The number of nitrogens with one attached hydrogen (secondary N) is 2. The van der Waals surface area contributed by atoms with E-state index in [2.05, 4.69) is 22.8 Å². The van der Waals surface area contributed by atoms with Crippen molar-refractivity contribution < 1.29 is 23.9 Å². The van der Waals surface area contributed by atoms with Crippen LogP contribution in [-0.2, 0) is 28.0 Å². The highest BCUT2D eigenvalue weighted by Crippen LogP contribution is 2.36. The van der Waals surface area contributed by atoms with Crippen molar-refractivity contribution in [2.75, 3.05) is 19.8 Å². The third-order valence-corrected chi connectivity index (χ3v) is 6.95. The van der Waals surface area contributed by atoms with Gasteiger partial charge in [0.15, 0.2) is 11.5 Å². The Labute approximate surface area is 198 Å². The topological polar surface area (TPSA) is 97.0 Å². The third kappa shape index (κ3) is 3.97. The van der Waals surface area contributed by atoms with Gasteiger partial charge in [0.2, 0.25) is 5.91 Å². The van der Waals surface area contributed by atoms with Crippen LogP contribution in [0.15, 0.2) is 36.4 Å². The molecular formula is C26H29N3O5. The zero-order valence-electron chi connectivity index (χ0n) is 19.5. The standard InChI is InChI=1S/C26H29N3O5/c1-16(18-8-7-17-5-3-4-6-19(17)13-18)27-23(30)15-29-24(31)26(2,28-25(29)32)20-9-10-21-22(14-20)34-12-11-33-21/h7-10,13-14,16H,3-6,11-12,15H2,1-2H3,(H,27,30)(H,28,32)/t16-,26+/m0/s1. The Kier molecular flexibility index (Phi) is 5.67. The number of hydrogen-bond acceptors (Lipinski definition) is 5. The minimum absolute atomic E-state index is 0.232. The van der Waals surface area contributed by atoms with E-state index in [-0.39, 0.29) is 18.5 Å². The van der Waals surface area contributed by atoms with Gasteiger partial charge in [-0.05, 0) is 73.9 Å². The number of nitrogens with zero attached hydrogens (tertiary/aromatic N) is 1. The lowest BCUT2D eigenvalue weighted by molar-refractivity contribution is -0.135. The molecule has 2 aliphatic heterocycles. The number of imide groups is 1. The SMILES string of the molecule is C[C@H](NC(=O)CN1C(=O)N[C@](C)(c2ccc3c(c2)OCCO3)C1=O)c1ccc2c(c1)CCCC2. The molecule has 5 rings (SSSR count). The Morgan fingerprint density at radius 1 is 1.06 bits per heavy atom. The fourth-order valence-electron chi connectivity index (χ4n) is 4.93. The van der Waals surface area contributed by atoms with Crippen molar-refractivity contribution in [1.82, 2.24) is 15.5 Å². The maximum absolute atomic E-state index is 13.2. The van der Waals surface area contributed by atoms with E-state index in [1.54, 1.807) is 25.1 Å². The van der Waals surface area contributed by atoms with Gasteiger partial charge in [0.05, 0.1) is 6.04 Å². The number of aryl methyl sites for hydroxylation is 2. The maximum Gasteiger partial charge on any atom is 0.325 e. The molecule has 4 amide bonds. The molecule has 2 heterocycles. The normalized spacial score (nSPS) is 22.1. The van der Waals surface area contributed by atoms with Crippen molar-refractivity contribution in [3.05, 3.63) is 58.7 Å². The number of benzene rings is 2. The predicted octanol–water partition coefficient (Wildman–Crippen LogP) is 2.98. The highest BCUT2D eigenvalue weighted by Gasteiger charge is 2.49. The van der Waals surface area contributed by atoms with Crippen LogP contribution < -0.4 is 20.1 Å². The molecule has 1 aliphatic carbocycles. The first-order valence-corrected chi connectivity index (χ1v) is 11.8. The number of carbonyl (C=O) groups excluding carboxylic acids is 3. The molecule has 8 heteroatoms. The summed E-state index contributed by atoms with van der Waals surface area (Å²) in [7, 11) is 0. The van der Waals surface area contributed by atoms with E-state index < -0.39 is 17.5 Å². The number of hydrogen-bond donors (Lipinski definition) is 2. The second-order valence-corrected chi connectivity index (χ2v) is 9.33. The van der Waals surface area contributed by atoms with Gasteiger partial charge in [-0.2, -0.15) is 0 Å². The van der Waals surface area contributed by atoms with Crippen LogP contribution >= 0.6 is 0 Å². The number of amides is 4. The van der Waals surface area contributed by atoms with Gasteiger partial charge in [0.1, 0.15) is 25.3 Å². The molecule has 0 aromatic heterocycles. The summed E-state index contributed by atoms with van der Waals surface area (Å²) in [6, 6.07) is 10.7. The van der Waals surface area contributed by atoms with Crippen molar-refractivity contribution in [1.29, 1.82) is 0 Å². The molecule has 0 spiro atoms. The quantitative estimate of drug-likeness (QED) is 0.665. The Bertz CT molecular complexity index is 1160. The second-order valence-electron chi connectivity index (χ2n) is 9.33. The van der Waals surface area contributed by atoms with Crippen molar-refractivity contribution >= 4 is 17.8 Å². The third-order valence-electron chi connectivity index (χ3n) is 6.95. The van der Waals surface area contributed by atoms with Crippen molar-refractivity contribution in [3.63, 3.8) is 0 Å². The van der Waals surface area contributed by atoms with E-state index in [0.717, 1.165) is 23.3 Å². The monoisotopic (exact) mass is 463 g/mol. The van der Waals surface area contributed by atoms with Gasteiger partial charge < -0.3 is 20.1 Å². The summed E-state index contributed by atoms with van der Waals surface area (Å²) < 4.78 is 11.2. The highest BCUT2D eigenvalue weighted by molar-refractivity contribution is 6.09. The lowest BCUT2D eigenvalue weighted by Crippen LogP contribution is -2.43. The molecule has 2 N–H and O–H groups in total. The van der Waals surface area contributed by atoms with E-state index >= 15 is 0 Å². The number of ether oxygens (including phenoxy) is 2. The summed E-state index contributed by atoms with van der Waals surface area (Å²) >= 11 is 0. The van der Waals surface area contributed by atoms with Crippen LogP contribution in [0.4, 0.5) is 4.79 Å². The molecule has 178 valence electrons. The van der Waals surface area contributed by atoms with E-state index in [1.807, 2.05) is 13.0 Å². The van der Waals surface area contributed by atoms with Gasteiger partial charge in [-0.3, -0.25) is 14.5 Å². The molecule has 0 unspecified atom stereocenters. The smallest absolute Gasteiger partial charge is 0.325 e. The molecule has 2 atom stereocenters. The van der Waals surface area contributed by atoms with Gasteiger partial charge in [-0.15, -0.1) is 0 Å².